The minimum Gasteiger partial charge on any atom is -0.403 e. The van der Waals surface area contributed by atoms with Gasteiger partial charge in [-0.2, -0.15) is 8.78 Å². The van der Waals surface area contributed by atoms with Crippen molar-refractivity contribution in [1.82, 2.24) is 19.6 Å². The molecule has 0 aliphatic heterocycles. The van der Waals surface area contributed by atoms with Gasteiger partial charge in [-0.1, -0.05) is 0 Å². The van der Waals surface area contributed by atoms with E-state index in [1.54, 1.807) is 0 Å². The fourth-order valence-electron chi connectivity index (χ4n) is 2.36. The lowest BCUT2D eigenvalue weighted by molar-refractivity contribution is -0.275. The molecule has 0 radical (unpaired) electrons. The first-order valence-corrected chi connectivity index (χ1v) is 7.22. The van der Waals surface area contributed by atoms with Gasteiger partial charge in [0.1, 0.15) is 0 Å². The highest BCUT2D eigenvalue weighted by Crippen LogP contribution is 2.33. The average Bonchev–Trinajstić information content (AvgIpc) is 3.00. The predicted octanol–water partition coefficient (Wildman–Crippen LogP) is 3.83. The Morgan fingerprint density at radius 2 is 1.78 bits per heavy atom. The molecular weight excluding hydrogens is 382 g/mol. The van der Waals surface area contributed by atoms with Crippen LogP contribution in [0.4, 0.5) is 26.3 Å². The maximum absolute atomic E-state index is 14.0. The van der Waals surface area contributed by atoms with Crippen molar-refractivity contribution in [1.29, 1.82) is 0 Å². The summed E-state index contributed by atoms with van der Waals surface area (Å²) in [5, 5.41) is 6.88. The summed E-state index contributed by atoms with van der Waals surface area (Å²) < 4.78 is 87.1. The van der Waals surface area contributed by atoms with Gasteiger partial charge in [-0.3, -0.25) is 9.38 Å². The molecule has 0 N–H and O–H groups in total. The highest BCUT2D eigenvalue weighted by Gasteiger charge is 2.37. The fourth-order valence-corrected chi connectivity index (χ4v) is 2.36. The Hall–Kier alpha value is -2.89. The molecule has 0 saturated carbocycles. The quantitative estimate of drug-likeness (QED) is 0.632. The second-order valence-electron chi connectivity index (χ2n) is 5.39. The van der Waals surface area contributed by atoms with Crippen molar-refractivity contribution in [2.75, 3.05) is 7.11 Å². The van der Waals surface area contributed by atoms with Crippen LogP contribution in [0.15, 0.2) is 24.5 Å². The van der Waals surface area contributed by atoms with Crippen LogP contribution in [0, 0.1) is 12.7 Å². The molecule has 144 valence electrons. The highest BCUT2D eigenvalue weighted by atomic mass is 19.4. The number of rotatable bonds is 4. The number of ether oxygens (including phenoxy) is 2. The molecule has 0 aliphatic rings. The lowest BCUT2D eigenvalue weighted by Gasteiger charge is -2.14. The molecule has 0 bridgehead atoms. The van der Waals surface area contributed by atoms with Crippen LogP contribution in [0.3, 0.4) is 0 Å². The fraction of sp³-hybridized carbons (Fsp3) is 0.267. The number of aromatic nitrogens is 4. The molecule has 12 heteroatoms. The van der Waals surface area contributed by atoms with Gasteiger partial charge in [0.15, 0.2) is 17.2 Å². The highest BCUT2D eigenvalue weighted by molar-refractivity contribution is 5.65. The third-order valence-electron chi connectivity index (χ3n) is 3.59. The van der Waals surface area contributed by atoms with E-state index in [0.29, 0.717) is 0 Å². The Balaban J connectivity index is 2.10. The number of nitrogens with zero attached hydrogens (tertiary/aromatic N) is 4. The first-order chi connectivity index (χ1) is 12.5. The van der Waals surface area contributed by atoms with Gasteiger partial charge in [0.05, 0.1) is 11.9 Å². The Labute approximate surface area is 147 Å². The van der Waals surface area contributed by atoms with E-state index >= 15 is 0 Å². The zero-order valence-electron chi connectivity index (χ0n) is 13.7. The van der Waals surface area contributed by atoms with Crippen LogP contribution in [0.2, 0.25) is 0 Å². The number of aryl methyl sites for hydroxylation is 1. The molecule has 0 unspecified atom stereocenters. The Morgan fingerprint density at radius 1 is 1.07 bits per heavy atom. The van der Waals surface area contributed by atoms with Crippen LogP contribution < -0.4 is 4.74 Å². The summed E-state index contributed by atoms with van der Waals surface area (Å²) in [5.41, 5.74) is 0.228. The van der Waals surface area contributed by atoms with Gasteiger partial charge < -0.3 is 9.47 Å². The summed E-state index contributed by atoms with van der Waals surface area (Å²) in [5.74, 6) is -3.14. The molecule has 0 fully saturated rings. The maximum atomic E-state index is 14.0. The van der Waals surface area contributed by atoms with E-state index in [-0.39, 0.29) is 22.5 Å². The number of hydrogen-bond acceptors (Lipinski definition) is 5. The number of fused-ring (bicyclic) bond motifs is 1. The summed E-state index contributed by atoms with van der Waals surface area (Å²) in [6, 6.07) is 1.60. The Kier molecular flexibility index (Phi) is 4.46. The first kappa shape index (κ1) is 18.9. The van der Waals surface area contributed by atoms with E-state index in [4.69, 9.17) is 0 Å². The SMILES string of the molecule is COC(F)(F)c1nnc2cnc(-c3cc(F)c(OC(F)(F)F)cc3C)cn12. The molecule has 0 saturated heterocycles. The van der Waals surface area contributed by atoms with E-state index in [2.05, 4.69) is 24.7 Å². The number of hydrogen-bond donors (Lipinski definition) is 0. The molecule has 0 amide bonds. The first-order valence-electron chi connectivity index (χ1n) is 7.22. The van der Waals surface area contributed by atoms with Gasteiger partial charge in [0.2, 0.25) is 5.82 Å². The summed E-state index contributed by atoms with van der Waals surface area (Å²) in [4.78, 5) is 3.97. The summed E-state index contributed by atoms with van der Waals surface area (Å²) in [6.45, 7) is 1.39. The normalized spacial score (nSPS) is 12.6. The summed E-state index contributed by atoms with van der Waals surface area (Å²) in [7, 11) is 0.780. The van der Waals surface area contributed by atoms with E-state index in [0.717, 1.165) is 36.0 Å². The topological polar surface area (TPSA) is 61.5 Å². The molecule has 2 aromatic heterocycles. The van der Waals surface area contributed by atoms with Gasteiger partial charge in [0, 0.05) is 18.9 Å². The molecular formula is C15H10F6N4O2. The van der Waals surface area contributed by atoms with E-state index < -0.39 is 29.9 Å². The van der Waals surface area contributed by atoms with Gasteiger partial charge >= 0.3 is 12.5 Å². The second-order valence-corrected chi connectivity index (χ2v) is 5.39. The molecule has 1 aromatic carbocycles. The van der Waals surface area contributed by atoms with Crippen LogP contribution in [0.25, 0.3) is 16.9 Å². The van der Waals surface area contributed by atoms with Crippen molar-refractivity contribution in [3.63, 3.8) is 0 Å². The summed E-state index contributed by atoms with van der Waals surface area (Å²) >= 11 is 0. The van der Waals surface area contributed by atoms with E-state index in [1.165, 1.54) is 6.92 Å². The van der Waals surface area contributed by atoms with Crippen LogP contribution in [0.5, 0.6) is 5.75 Å². The molecule has 6 nitrogen and oxygen atoms in total. The molecule has 0 spiro atoms. The van der Waals surface area contributed by atoms with Crippen LogP contribution in [-0.4, -0.2) is 33.1 Å². The number of benzene rings is 1. The van der Waals surface area contributed by atoms with Crippen LogP contribution in [0.1, 0.15) is 11.4 Å². The van der Waals surface area contributed by atoms with Crippen molar-refractivity contribution in [2.24, 2.45) is 0 Å². The molecule has 0 aliphatic carbocycles. The number of alkyl halides is 5. The van der Waals surface area contributed by atoms with Gasteiger partial charge in [-0.05, 0) is 24.6 Å². The molecule has 3 aromatic rings. The van der Waals surface area contributed by atoms with Gasteiger partial charge in [-0.25, -0.2) is 4.39 Å². The summed E-state index contributed by atoms with van der Waals surface area (Å²) in [6.07, 6.45) is -6.60. The maximum Gasteiger partial charge on any atom is 0.573 e. The molecule has 27 heavy (non-hydrogen) atoms. The van der Waals surface area contributed by atoms with Crippen molar-refractivity contribution < 1.29 is 35.8 Å². The van der Waals surface area contributed by atoms with Gasteiger partial charge in [0.25, 0.3) is 0 Å². The zero-order chi connectivity index (χ0) is 20.0. The largest absolute Gasteiger partial charge is 0.573 e. The van der Waals surface area contributed by atoms with Crippen LogP contribution in [-0.2, 0) is 10.8 Å². The third kappa shape index (κ3) is 3.65. The molecule has 0 atom stereocenters. The smallest absolute Gasteiger partial charge is 0.403 e. The predicted molar refractivity (Wildman–Crippen MR) is 78.5 cm³/mol. The zero-order valence-corrected chi connectivity index (χ0v) is 13.7. The lowest BCUT2D eigenvalue weighted by Crippen LogP contribution is -2.19. The average molecular weight is 392 g/mol. The number of methoxy groups -OCH3 is 1. The monoisotopic (exact) mass is 392 g/mol. The van der Waals surface area contributed by atoms with Crippen LogP contribution >= 0.6 is 0 Å². The van der Waals surface area contributed by atoms with E-state index in [1.807, 2.05) is 0 Å². The lowest BCUT2D eigenvalue weighted by atomic mass is 10.1. The van der Waals surface area contributed by atoms with Crippen molar-refractivity contribution in [3.8, 4) is 17.0 Å². The van der Waals surface area contributed by atoms with Crippen molar-refractivity contribution >= 4 is 5.65 Å². The Bertz CT molecular complexity index is 1000. The standard InChI is InChI=1S/C15H10F6N4O2/c1-7-3-11(27-15(19,20)21)9(16)4-8(7)10-6-25-12(5-22-10)23-24-13(25)14(17,18)26-2/h3-6H,1-2H3. The van der Waals surface area contributed by atoms with E-state index in [9.17, 15) is 26.3 Å². The third-order valence-corrected chi connectivity index (χ3v) is 3.59. The second kappa shape index (κ2) is 6.37. The van der Waals surface area contributed by atoms with Gasteiger partial charge in [-0.15, -0.1) is 23.4 Å². The minimum absolute atomic E-state index is 0.00501. The minimum atomic E-state index is -5.06. The van der Waals surface area contributed by atoms with Crippen molar-refractivity contribution in [3.05, 3.63) is 41.7 Å². The number of halogens is 6. The van der Waals surface area contributed by atoms with Crippen molar-refractivity contribution in [2.45, 2.75) is 19.4 Å². The molecule has 2 heterocycles. The Morgan fingerprint density at radius 3 is 2.41 bits per heavy atom. The molecule has 3 rings (SSSR count).